The zero-order valence-electron chi connectivity index (χ0n) is 17.6. The molecule has 0 spiro atoms. The van der Waals surface area contributed by atoms with E-state index < -0.39 is 18.8 Å². The molecule has 0 saturated heterocycles. The topological polar surface area (TPSA) is 9.23 Å². The van der Waals surface area contributed by atoms with E-state index in [2.05, 4.69) is 25.7 Å². The molecule has 0 aromatic heterocycles. The first-order chi connectivity index (χ1) is 11.7. The van der Waals surface area contributed by atoms with Gasteiger partial charge in [-0.15, -0.1) is 0 Å². The molecule has 24 heavy (non-hydrogen) atoms. The number of unbranched alkanes of at least 4 members (excludes halogenated alkanes) is 12. The Kier molecular flexibility index (Phi) is 19.1. The Morgan fingerprint density at radius 3 is 1.33 bits per heavy atom. The van der Waals surface area contributed by atoms with E-state index in [1.54, 1.807) is 0 Å². The summed E-state index contributed by atoms with van der Waals surface area (Å²) in [5.41, 5.74) is 0. The minimum atomic E-state index is -2.24. The molecule has 0 rings (SSSR count). The zero-order chi connectivity index (χ0) is 17.9. The van der Waals surface area contributed by atoms with Gasteiger partial charge >= 0.3 is 159 Å². The Balaban J connectivity index is 3.98. The van der Waals surface area contributed by atoms with Gasteiger partial charge in [0.2, 0.25) is 0 Å². The molecule has 0 fully saturated rings. The Labute approximate surface area is 159 Å². The van der Waals surface area contributed by atoms with Gasteiger partial charge in [-0.25, -0.2) is 0 Å². The summed E-state index contributed by atoms with van der Waals surface area (Å²) >= 11 is -2.24. The standard InChI is InChI=1S/2C8H17.C5H11O.CH3.Sn/c2*1-3-5-7-8-6-4-2;1-2-3-4-5-6;;/h2*1,3-8H2,2H3;2-5H2,1H3;1H3;/q;;-1;;+1. The van der Waals surface area contributed by atoms with Crippen LogP contribution in [0.4, 0.5) is 0 Å². The third kappa shape index (κ3) is 16.2. The van der Waals surface area contributed by atoms with Crippen LogP contribution in [-0.4, -0.2) is 25.4 Å². The number of hydrogen-bond donors (Lipinski definition) is 0. The van der Waals surface area contributed by atoms with Crippen molar-refractivity contribution in [2.45, 2.75) is 131 Å². The van der Waals surface area contributed by atoms with Crippen LogP contribution in [0.1, 0.15) is 117 Å². The number of rotatable bonds is 19. The predicted octanol–water partition coefficient (Wildman–Crippen LogP) is 8.49. The van der Waals surface area contributed by atoms with E-state index in [1.165, 1.54) is 105 Å². The van der Waals surface area contributed by atoms with Gasteiger partial charge in [0.05, 0.1) is 0 Å². The first-order valence-corrected chi connectivity index (χ1v) is 19.4. The van der Waals surface area contributed by atoms with Crippen molar-refractivity contribution in [3.63, 3.8) is 0 Å². The summed E-state index contributed by atoms with van der Waals surface area (Å²) in [6.45, 7) is 7.96. The van der Waals surface area contributed by atoms with E-state index in [0.717, 1.165) is 6.61 Å². The molecular formula is C22H48OSn. The van der Waals surface area contributed by atoms with Crippen molar-refractivity contribution in [1.82, 2.24) is 0 Å². The Morgan fingerprint density at radius 1 is 0.500 bits per heavy atom. The van der Waals surface area contributed by atoms with Gasteiger partial charge in [-0.3, -0.25) is 0 Å². The maximum absolute atomic E-state index is 6.60. The fourth-order valence-electron chi connectivity index (χ4n) is 3.50. The minimum absolute atomic E-state index is 1.06. The van der Waals surface area contributed by atoms with Crippen LogP contribution in [-0.2, 0) is 3.07 Å². The van der Waals surface area contributed by atoms with Gasteiger partial charge in [0.15, 0.2) is 0 Å². The fourth-order valence-corrected chi connectivity index (χ4v) is 12.6. The zero-order valence-corrected chi connectivity index (χ0v) is 20.5. The summed E-state index contributed by atoms with van der Waals surface area (Å²) in [6.07, 6.45) is 21.1. The Morgan fingerprint density at radius 2 is 0.875 bits per heavy atom. The summed E-state index contributed by atoms with van der Waals surface area (Å²) in [4.78, 5) is 2.60. The van der Waals surface area contributed by atoms with Crippen LogP contribution in [0.2, 0.25) is 13.8 Å². The monoisotopic (exact) mass is 448 g/mol. The third-order valence-electron chi connectivity index (χ3n) is 5.32. The van der Waals surface area contributed by atoms with Crippen LogP contribution >= 0.6 is 0 Å². The Bertz CT molecular complexity index is 226. The molecule has 0 heterocycles. The molecule has 0 atom stereocenters. The molecule has 0 aliphatic rings. The molecule has 0 aromatic carbocycles. The second-order valence-corrected chi connectivity index (χ2v) is 20.0. The molecule has 2 heteroatoms. The van der Waals surface area contributed by atoms with Crippen LogP contribution in [0, 0.1) is 0 Å². The average molecular weight is 447 g/mol. The summed E-state index contributed by atoms with van der Waals surface area (Å²) in [5.74, 6) is 0. The van der Waals surface area contributed by atoms with Gasteiger partial charge in [-0.1, -0.05) is 0 Å². The van der Waals surface area contributed by atoms with Crippen molar-refractivity contribution in [3.8, 4) is 0 Å². The maximum atomic E-state index is 6.60. The second-order valence-electron chi connectivity index (χ2n) is 8.04. The van der Waals surface area contributed by atoms with Gasteiger partial charge < -0.3 is 0 Å². The first-order valence-electron chi connectivity index (χ1n) is 11.3. The van der Waals surface area contributed by atoms with Crippen molar-refractivity contribution >= 4 is 18.8 Å². The second kappa shape index (κ2) is 18.5. The predicted molar refractivity (Wildman–Crippen MR) is 113 cm³/mol. The third-order valence-corrected chi connectivity index (χ3v) is 15.9. The van der Waals surface area contributed by atoms with Gasteiger partial charge in [-0.05, 0) is 0 Å². The Hall–Kier alpha value is 0.759. The van der Waals surface area contributed by atoms with E-state index in [9.17, 15) is 0 Å². The SMILES string of the molecule is CCCCCCC[CH2][Sn]([CH3])([CH2]CCCCCCC)[O]CCCCC. The average Bonchev–Trinajstić information content (AvgIpc) is 2.58. The quantitative estimate of drug-likeness (QED) is 0.143. The molecule has 0 N–H and O–H groups in total. The van der Waals surface area contributed by atoms with Crippen LogP contribution in [0.3, 0.4) is 0 Å². The van der Waals surface area contributed by atoms with Crippen LogP contribution < -0.4 is 0 Å². The van der Waals surface area contributed by atoms with E-state index in [0.29, 0.717) is 0 Å². The normalized spacial score (nSPS) is 12.0. The summed E-state index contributed by atoms with van der Waals surface area (Å²) < 4.78 is 9.55. The molecular weight excluding hydrogens is 399 g/mol. The van der Waals surface area contributed by atoms with E-state index in [4.69, 9.17) is 3.07 Å². The molecule has 146 valence electrons. The van der Waals surface area contributed by atoms with Crippen molar-refractivity contribution in [2.24, 2.45) is 0 Å². The molecule has 1 nitrogen and oxygen atoms in total. The molecule has 0 amide bonds. The van der Waals surface area contributed by atoms with E-state index in [-0.39, 0.29) is 0 Å². The number of hydrogen-bond acceptors (Lipinski definition) is 1. The summed E-state index contributed by atoms with van der Waals surface area (Å²) in [5, 5.41) is 0. The van der Waals surface area contributed by atoms with Crippen molar-refractivity contribution < 1.29 is 3.07 Å². The first kappa shape index (κ1) is 24.8. The molecule has 0 bridgehead atoms. The molecule has 0 aliphatic carbocycles. The van der Waals surface area contributed by atoms with Gasteiger partial charge in [0, 0.05) is 0 Å². The molecule has 0 saturated carbocycles. The van der Waals surface area contributed by atoms with Crippen LogP contribution in [0.5, 0.6) is 0 Å². The summed E-state index contributed by atoms with van der Waals surface area (Å²) in [6, 6.07) is 0. The molecule has 0 radical (unpaired) electrons. The van der Waals surface area contributed by atoms with Gasteiger partial charge in [-0.2, -0.15) is 0 Å². The van der Waals surface area contributed by atoms with Crippen molar-refractivity contribution in [1.29, 1.82) is 0 Å². The molecule has 0 aliphatic heterocycles. The van der Waals surface area contributed by atoms with Crippen LogP contribution in [0.15, 0.2) is 0 Å². The summed E-state index contributed by atoms with van der Waals surface area (Å²) in [7, 11) is 0. The fraction of sp³-hybridized carbons (Fsp3) is 1.00. The van der Waals surface area contributed by atoms with Gasteiger partial charge in [0.1, 0.15) is 0 Å². The van der Waals surface area contributed by atoms with E-state index >= 15 is 0 Å². The van der Waals surface area contributed by atoms with E-state index in [1.807, 2.05) is 0 Å². The van der Waals surface area contributed by atoms with Crippen molar-refractivity contribution in [2.75, 3.05) is 6.61 Å². The van der Waals surface area contributed by atoms with Gasteiger partial charge in [0.25, 0.3) is 0 Å². The van der Waals surface area contributed by atoms with Crippen molar-refractivity contribution in [3.05, 3.63) is 0 Å². The molecule has 0 aromatic rings. The molecule has 0 unspecified atom stereocenters. The van der Waals surface area contributed by atoms with Crippen LogP contribution in [0.25, 0.3) is 0 Å².